The number of carbonyl (C=O) groups excluding carboxylic acids is 5. The Balaban J connectivity index is 1.46. The second kappa shape index (κ2) is 7.89. The lowest BCUT2D eigenvalue weighted by atomic mass is 10.0. The summed E-state index contributed by atoms with van der Waals surface area (Å²) >= 11 is 5.91. The molecule has 3 aromatic rings. The fourth-order valence-corrected chi connectivity index (χ4v) is 4.08. The molecule has 172 valence electrons. The largest absolute Gasteiger partial charge is 0.478 e. The number of nitrogens with one attached hydrogen (secondary N) is 1. The zero-order chi connectivity index (χ0) is 25.0. The summed E-state index contributed by atoms with van der Waals surface area (Å²) in [5, 5.41) is 12.9. The molecule has 0 spiro atoms. The quantitative estimate of drug-likeness (QED) is 0.536. The Bertz CT molecular complexity index is 1500. The van der Waals surface area contributed by atoms with Gasteiger partial charge in [0.25, 0.3) is 29.5 Å². The smallest absolute Gasteiger partial charge is 0.337 e. The van der Waals surface area contributed by atoms with Crippen LogP contribution >= 0.6 is 11.6 Å². The molecule has 0 saturated heterocycles. The van der Waals surface area contributed by atoms with E-state index in [1.807, 2.05) is 0 Å². The Morgan fingerprint density at radius 1 is 0.714 bits per heavy atom. The van der Waals surface area contributed by atoms with Crippen LogP contribution in [-0.2, 0) is 0 Å². The van der Waals surface area contributed by atoms with Crippen LogP contribution in [0.3, 0.4) is 0 Å². The highest BCUT2D eigenvalue weighted by atomic mass is 35.5. The fraction of sp³-hybridized carbons (Fsp3) is 0. The molecule has 0 bridgehead atoms. The van der Waals surface area contributed by atoms with E-state index in [0.717, 1.165) is 6.07 Å². The van der Waals surface area contributed by atoms with E-state index in [4.69, 9.17) is 11.6 Å². The lowest BCUT2D eigenvalue weighted by Gasteiger charge is -2.23. The van der Waals surface area contributed by atoms with Gasteiger partial charge in [-0.25, -0.2) is 4.79 Å². The number of fused-ring (bicyclic) bond motifs is 2. The van der Waals surface area contributed by atoms with Gasteiger partial charge in [-0.3, -0.25) is 24.0 Å². The maximum absolute atomic E-state index is 13.1. The van der Waals surface area contributed by atoms with Gasteiger partial charge in [0.05, 0.1) is 33.5 Å². The summed E-state index contributed by atoms with van der Waals surface area (Å²) in [6.07, 6.45) is 0. The molecule has 0 unspecified atom stereocenters. The second-order valence-corrected chi connectivity index (χ2v) is 8.04. The Morgan fingerprint density at radius 3 is 1.83 bits per heavy atom. The number of carboxylic acid groups (broad SMARTS) is 1. The first-order valence-electron chi connectivity index (χ1n) is 10.0. The summed E-state index contributed by atoms with van der Waals surface area (Å²) in [6.45, 7) is 0. The van der Waals surface area contributed by atoms with Crippen molar-refractivity contribution in [2.24, 2.45) is 0 Å². The van der Waals surface area contributed by atoms with Crippen molar-refractivity contribution in [3.05, 3.63) is 99.1 Å². The molecule has 10 nitrogen and oxygen atoms in total. The standard InChI is InChI=1S/C24H12ClN3O7/c25-12-6-8-16(24(34)35)18(10-12)26-19(29)11-5-7-15-17(9-11)23(33)28(22(15)32)27-20(30)13-3-1-2-4-14(13)21(27)31/h1-10H,(H,26,29)(H,34,35). The van der Waals surface area contributed by atoms with Crippen LogP contribution in [-0.4, -0.2) is 50.6 Å². The van der Waals surface area contributed by atoms with Crippen molar-refractivity contribution in [3.8, 4) is 0 Å². The SMILES string of the molecule is O=C(Nc1cc(Cl)ccc1C(=O)O)c1ccc2c(c1)C(=O)N(N1C(=O)c3ccccc3C1=O)C2=O. The van der Waals surface area contributed by atoms with Gasteiger partial charge in [-0.2, -0.15) is 10.0 Å². The Kier molecular flexibility index (Phi) is 4.96. The lowest BCUT2D eigenvalue weighted by Crippen LogP contribution is -2.49. The number of rotatable bonds is 4. The van der Waals surface area contributed by atoms with Gasteiger partial charge in [0.1, 0.15) is 0 Å². The first kappa shape index (κ1) is 22.0. The van der Waals surface area contributed by atoms with Crippen LogP contribution in [0.25, 0.3) is 0 Å². The van der Waals surface area contributed by atoms with Gasteiger partial charge in [-0.1, -0.05) is 23.7 Å². The van der Waals surface area contributed by atoms with E-state index in [1.54, 1.807) is 12.1 Å². The average molecular weight is 490 g/mol. The zero-order valence-corrected chi connectivity index (χ0v) is 18.2. The molecule has 0 saturated carbocycles. The first-order chi connectivity index (χ1) is 16.7. The number of hydrogen-bond acceptors (Lipinski definition) is 6. The first-order valence-corrected chi connectivity index (χ1v) is 10.4. The number of imide groups is 2. The number of anilines is 1. The Hall–Kier alpha value is -4.83. The Labute approximate surface area is 201 Å². The number of amides is 5. The van der Waals surface area contributed by atoms with Gasteiger partial charge in [-0.15, -0.1) is 0 Å². The number of halogens is 1. The number of carboxylic acids is 1. The molecule has 35 heavy (non-hydrogen) atoms. The maximum Gasteiger partial charge on any atom is 0.337 e. The van der Waals surface area contributed by atoms with Gasteiger partial charge >= 0.3 is 5.97 Å². The fourth-order valence-electron chi connectivity index (χ4n) is 3.91. The molecule has 2 aliphatic heterocycles. The van der Waals surface area contributed by atoms with Crippen LogP contribution in [0.5, 0.6) is 0 Å². The third-order valence-electron chi connectivity index (χ3n) is 5.56. The van der Waals surface area contributed by atoms with Gasteiger partial charge in [-0.05, 0) is 48.5 Å². The predicted molar refractivity (Wildman–Crippen MR) is 120 cm³/mol. The van der Waals surface area contributed by atoms with Crippen molar-refractivity contribution in [1.29, 1.82) is 0 Å². The maximum atomic E-state index is 13.1. The molecule has 0 aromatic heterocycles. The van der Waals surface area contributed by atoms with Crippen molar-refractivity contribution in [2.45, 2.75) is 0 Å². The molecule has 2 N–H and O–H groups in total. The van der Waals surface area contributed by atoms with Gasteiger partial charge in [0.2, 0.25) is 0 Å². The van der Waals surface area contributed by atoms with E-state index in [-0.39, 0.29) is 44.1 Å². The van der Waals surface area contributed by atoms with Crippen molar-refractivity contribution in [2.75, 3.05) is 5.32 Å². The highest BCUT2D eigenvalue weighted by Crippen LogP contribution is 2.31. The third-order valence-corrected chi connectivity index (χ3v) is 5.80. The molecule has 2 heterocycles. The molecule has 0 fully saturated rings. The van der Waals surface area contributed by atoms with Gasteiger partial charge < -0.3 is 10.4 Å². The molecule has 2 aliphatic rings. The topological polar surface area (TPSA) is 141 Å². The van der Waals surface area contributed by atoms with E-state index in [2.05, 4.69) is 5.32 Å². The van der Waals surface area contributed by atoms with Crippen molar-refractivity contribution in [3.63, 3.8) is 0 Å². The summed E-state index contributed by atoms with van der Waals surface area (Å²) in [5.41, 5.74) is -0.501. The number of nitrogens with zero attached hydrogens (tertiary/aromatic N) is 2. The van der Waals surface area contributed by atoms with Crippen LogP contribution in [0.2, 0.25) is 5.02 Å². The molecule has 11 heteroatoms. The summed E-state index contributed by atoms with van der Waals surface area (Å²) in [7, 11) is 0. The molecule has 3 aromatic carbocycles. The van der Waals surface area contributed by atoms with Gasteiger partial charge in [0.15, 0.2) is 0 Å². The molecule has 5 amide bonds. The van der Waals surface area contributed by atoms with E-state index in [1.165, 1.54) is 42.5 Å². The monoisotopic (exact) mass is 489 g/mol. The summed E-state index contributed by atoms with van der Waals surface area (Å²) < 4.78 is 0. The van der Waals surface area contributed by atoms with Crippen molar-refractivity contribution in [1.82, 2.24) is 10.0 Å². The molecular formula is C24H12ClN3O7. The number of hydrogen-bond donors (Lipinski definition) is 2. The number of hydrazine groups is 1. The van der Waals surface area contributed by atoms with Crippen LogP contribution in [0.4, 0.5) is 5.69 Å². The minimum atomic E-state index is -1.29. The molecule has 5 rings (SSSR count). The van der Waals surface area contributed by atoms with Gasteiger partial charge in [0, 0.05) is 10.6 Å². The normalized spacial score (nSPS) is 14.3. The van der Waals surface area contributed by atoms with Crippen molar-refractivity contribution >= 4 is 52.8 Å². The number of aromatic carboxylic acids is 1. The van der Waals surface area contributed by atoms with Crippen LogP contribution < -0.4 is 5.32 Å². The Morgan fingerprint density at radius 2 is 1.26 bits per heavy atom. The van der Waals surface area contributed by atoms with Crippen LogP contribution in [0.15, 0.2) is 60.7 Å². The van der Waals surface area contributed by atoms with E-state index in [0.29, 0.717) is 10.0 Å². The van der Waals surface area contributed by atoms with Crippen LogP contribution in [0, 0.1) is 0 Å². The predicted octanol–water partition coefficient (Wildman–Crippen LogP) is 3.10. The van der Waals surface area contributed by atoms with E-state index >= 15 is 0 Å². The lowest BCUT2D eigenvalue weighted by molar-refractivity contribution is 0.00845. The zero-order valence-electron chi connectivity index (χ0n) is 17.4. The highest BCUT2D eigenvalue weighted by molar-refractivity contribution is 6.31. The number of carbonyl (C=O) groups is 6. The molecule has 0 aliphatic carbocycles. The molecule has 0 radical (unpaired) electrons. The summed E-state index contributed by atoms with van der Waals surface area (Å²) in [6, 6.07) is 13.4. The second-order valence-electron chi connectivity index (χ2n) is 7.60. The van der Waals surface area contributed by atoms with E-state index in [9.17, 15) is 33.9 Å². The van der Waals surface area contributed by atoms with E-state index < -0.39 is 35.5 Å². The minimum Gasteiger partial charge on any atom is -0.478 e. The third kappa shape index (κ3) is 3.35. The summed E-state index contributed by atoms with van der Waals surface area (Å²) in [5.74, 6) is -5.54. The summed E-state index contributed by atoms with van der Waals surface area (Å²) in [4.78, 5) is 75.8. The number of benzene rings is 3. The highest BCUT2D eigenvalue weighted by Gasteiger charge is 2.48. The van der Waals surface area contributed by atoms with Crippen LogP contribution in [0.1, 0.15) is 62.1 Å². The molecular weight excluding hydrogens is 478 g/mol. The average Bonchev–Trinajstić information content (AvgIpc) is 3.22. The molecule has 0 atom stereocenters. The minimum absolute atomic E-state index is 0.0601. The van der Waals surface area contributed by atoms with Crippen molar-refractivity contribution < 1.29 is 33.9 Å².